The van der Waals surface area contributed by atoms with E-state index in [4.69, 9.17) is 0 Å². The Hall–Kier alpha value is -2.04. The smallest absolute Gasteiger partial charge is 0.320 e. The Morgan fingerprint density at radius 1 is 1.29 bits per heavy atom. The van der Waals surface area contributed by atoms with Crippen molar-refractivity contribution in [1.82, 2.24) is 9.21 Å². The van der Waals surface area contributed by atoms with Crippen LogP contribution in [0.15, 0.2) is 29.2 Å². The van der Waals surface area contributed by atoms with E-state index in [9.17, 15) is 28.4 Å². The first kappa shape index (κ1) is 18.3. The fraction of sp³-hybridized carbons (Fsp3) is 0.500. The van der Waals surface area contributed by atoms with Crippen molar-refractivity contribution in [2.24, 2.45) is 0 Å². The number of carboxylic acid groups (broad SMARTS) is 1. The average molecular weight is 357 g/mol. The van der Waals surface area contributed by atoms with Crippen molar-refractivity contribution in [3.05, 3.63) is 34.4 Å². The maximum absolute atomic E-state index is 12.7. The number of nitro groups is 1. The molecule has 1 heterocycles. The Morgan fingerprint density at radius 2 is 1.88 bits per heavy atom. The van der Waals surface area contributed by atoms with Crippen LogP contribution < -0.4 is 0 Å². The number of sulfonamides is 1. The first-order valence-electron chi connectivity index (χ1n) is 7.49. The van der Waals surface area contributed by atoms with Crippen LogP contribution in [-0.2, 0) is 14.8 Å². The second kappa shape index (κ2) is 7.24. The minimum Gasteiger partial charge on any atom is -0.480 e. The van der Waals surface area contributed by atoms with Gasteiger partial charge in [-0.3, -0.25) is 19.8 Å². The molecule has 1 N–H and O–H groups in total. The molecule has 2 rings (SSSR count). The van der Waals surface area contributed by atoms with Crippen LogP contribution in [0.25, 0.3) is 0 Å². The summed E-state index contributed by atoms with van der Waals surface area (Å²) in [4.78, 5) is 22.9. The Labute approximate surface area is 139 Å². The van der Waals surface area contributed by atoms with Crippen molar-refractivity contribution >= 4 is 21.7 Å². The Bertz CT molecular complexity index is 728. The molecule has 0 aliphatic carbocycles. The molecule has 1 atom stereocenters. The first-order chi connectivity index (χ1) is 11.3. The number of carbonyl (C=O) groups is 1. The van der Waals surface area contributed by atoms with Crippen LogP contribution in [0, 0.1) is 10.1 Å². The van der Waals surface area contributed by atoms with Crippen molar-refractivity contribution in [3.8, 4) is 0 Å². The van der Waals surface area contributed by atoms with Crippen LogP contribution >= 0.6 is 0 Å². The van der Waals surface area contributed by atoms with Gasteiger partial charge in [-0.15, -0.1) is 0 Å². The number of nitrogens with zero attached hydrogens (tertiary/aromatic N) is 3. The minimum atomic E-state index is -4.00. The summed E-state index contributed by atoms with van der Waals surface area (Å²) in [5, 5.41) is 20.2. The van der Waals surface area contributed by atoms with E-state index in [2.05, 4.69) is 0 Å². The van der Waals surface area contributed by atoms with Crippen molar-refractivity contribution < 1.29 is 23.2 Å². The molecule has 0 aromatic heterocycles. The maximum atomic E-state index is 12.7. The molecule has 0 radical (unpaired) electrons. The summed E-state index contributed by atoms with van der Waals surface area (Å²) < 4.78 is 26.5. The van der Waals surface area contributed by atoms with Crippen molar-refractivity contribution in [1.29, 1.82) is 0 Å². The SMILES string of the molecule is CCC(C(=O)O)N1CCN(S(=O)(=O)c2ccccc2[N+](=O)[O-])CC1. The molecule has 1 saturated heterocycles. The van der Waals surface area contributed by atoms with Crippen LogP contribution in [-0.4, -0.2) is 65.8 Å². The molecule has 10 heteroatoms. The highest BCUT2D eigenvalue weighted by Gasteiger charge is 2.35. The van der Waals surface area contributed by atoms with Gasteiger partial charge < -0.3 is 5.11 Å². The predicted molar refractivity (Wildman–Crippen MR) is 85.1 cm³/mol. The average Bonchev–Trinajstić information content (AvgIpc) is 2.55. The van der Waals surface area contributed by atoms with E-state index in [1.54, 1.807) is 11.8 Å². The van der Waals surface area contributed by atoms with Crippen LogP contribution in [0.4, 0.5) is 5.69 Å². The predicted octanol–water partition coefficient (Wildman–Crippen LogP) is 0.764. The summed E-state index contributed by atoms with van der Waals surface area (Å²) in [6.07, 6.45) is 0.423. The number of hydrogen-bond acceptors (Lipinski definition) is 6. The highest BCUT2D eigenvalue weighted by Crippen LogP contribution is 2.27. The molecular weight excluding hydrogens is 338 g/mol. The van der Waals surface area contributed by atoms with Gasteiger partial charge in [-0.25, -0.2) is 8.42 Å². The largest absolute Gasteiger partial charge is 0.480 e. The number of aliphatic carboxylic acids is 1. The molecule has 132 valence electrons. The lowest BCUT2D eigenvalue weighted by atomic mass is 10.1. The van der Waals surface area contributed by atoms with Gasteiger partial charge in [0.1, 0.15) is 6.04 Å². The second-order valence-corrected chi connectivity index (χ2v) is 7.33. The monoisotopic (exact) mass is 357 g/mol. The Morgan fingerprint density at radius 3 is 2.38 bits per heavy atom. The van der Waals surface area contributed by atoms with Crippen molar-refractivity contribution in [3.63, 3.8) is 0 Å². The molecule has 0 spiro atoms. The van der Waals surface area contributed by atoms with Crippen LogP contribution in [0.3, 0.4) is 0 Å². The van der Waals surface area contributed by atoms with Gasteiger partial charge in [0, 0.05) is 32.2 Å². The fourth-order valence-electron chi connectivity index (χ4n) is 2.81. The zero-order chi connectivity index (χ0) is 17.9. The number of piperazine rings is 1. The molecular formula is C14H19N3O6S. The minimum absolute atomic E-state index is 0.0954. The molecule has 24 heavy (non-hydrogen) atoms. The lowest BCUT2D eigenvalue weighted by molar-refractivity contribution is -0.387. The summed E-state index contributed by atoms with van der Waals surface area (Å²) in [6, 6.07) is 4.56. The Kier molecular flexibility index (Phi) is 5.52. The topological polar surface area (TPSA) is 121 Å². The zero-order valence-corrected chi connectivity index (χ0v) is 14.0. The highest BCUT2D eigenvalue weighted by atomic mass is 32.2. The van der Waals surface area contributed by atoms with Crippen molar-refractivity contribution in [2.45, 2.75) is 24.3 Å². The van der Waals surface area contributed by atoms with Crippen LogP contribution in [0.5, 0.6) is 0 Å². The number of nitro benzene ring substituents is 1. The normalized spacial score (nSPS) is 18.2. The molecule has 1 aliphatic rings. The van der Waals surface area contributed by atoms with Crippen LogP contribution in [0.2, 0.25) is 0 Å². The standard InChI is InChI=1S/C14H19N3O6S/c1-2-11(14(18)19)15-7-9-16(10-8-15)24(22,23)13-6-4-3-5-12(13)17(20)21/h3-6,11H,2,7-10H2,1H3,(H,18,19). The van der Waals surface area contributed by atoms with Gasteiger partial charge in [-0.05, 0) is 12.5 Å². The third kappa shape index (κ3) is 3.55. The number of para-hydroxylation sites is 1. The second-order valence-electron chi connectivity index (χ2n) is 5.43. The summed E-state index contributed by atoms with van der Waals surface area (Å²) >= 11 is 0. The lowest BCUT2D eigenvalue weighted by Gasteiger charge is -2.36. The van der Waals surface area contributed by atoms with Gasteiger partial charge in [0.25, 0.3) is 5.69 Å². The Balaban J connectivity index is 2.19. The highest BCUT2D eigenvalue weighted by molar-refractivity contribution is 7.89. The third-order valence-corrected chi connectivity index (χ3v) is 6.01. The van der Waals surface area contributed by atoms with Gasteiger partial charge >= 0.3 is 5.97 Å². The van der Waals surface area contributed by atoms with Gasteiger partial charge in [0.05, 0.1) is 4.92 Å². The molecule has 1 aliphatic heterocycles. The zero-order valence-electron chi connectivity index (χ0n) is 13.2. The molecule has 0 saturated carbocycles. The number of hydrogen-bond donors (Lipinski definition) is 1. The first-order valence-corrected chi connectivity index (χ1v) is 8.93. The van der Waals surface area contributed by atoms with E-state index in [1.165, 1.54) is 22.5 Å². The van der Waals surface area contributed by atoms with Gasteiger partial charge in [0.15, 0.2) is 4.90 Å². The van der Waals surface area contributed by atoms with Crippen LogP contribution in [0.1, 0.15) is 13.3 Å². The third-order valence-electron chi connectivity index (χ3n) is 4.07. The summed E-state index contributed by atoms with van der Waals surface area (Å²) in [5.74, 6) is -0.937. The number of carboxylic acids is 1. The van der Waals surface area contributed by atoms with E-state index >= 15 is 0 Å². The summed E-state index contributed by atoms with van der Waals surface area (Å²) in [7, 11) is -4.00. The molecule has 1 fully saturated rings. The molecule has 9 nitrogen and oxygen atoms in total. The van der Waals surface area contributed by atoms with Crippen molar-refractivity contribution in [2.75, 3.05) is 26.2 Å². The maximum Gasteiger partial charge on any atom is 0.320 e. The summed E-state index contributed by atoms with van der Waals surface area (Å²) in [6.45, 7) is 2.49. The summed E-state index contributed by atoms with van der Waals surface area (Å²) in [5.41, 5.74) is -0.461. The van der Waals surface area contributed by atoms with E-state index in [0.717, 1.165) is 6.07 Å². The van der Waals surface area contributed by atoms with Gasteiger partial charge in [-0.2, -0.15) is 4.31 Å². The fourth-order valence-corrected chi connectivity index (χ4v) is 4.39. The van der Waals surface area contributed by atoms with E-state index in [1.807, 2.05) is 0 Å². The van der Waals surface area contributed by atoms with E-state index < -0.39 is 32.6 Å². The lowest BCUT2D eigenvalue weighted by Crippen LogP contribution is -2.53. The molecule has 0 bridgehead atoms. The molecule has 1 aromatic carbocycles. The quantitative estimate of drug-likeness (QED) is 0.589. The number of benzene rings is 1. The number of rotatable bonds is 6. The molecule has 1 unspecified atom stereocenters. The van der Waals surface area contributed by atoms with E-state index in [-0.39, 0.29) is 31.1 Å². The van der Waals surface area contributed by atoms with Gasteiger partial charge in [0.2, 0.25) is 10.0 Å². The molecule has 1 aromatic rings. The molecule has 0 amide bonds. The van der Waals surface area contributed by atoms with Gasteiger partial charge in [-0.1, -0.05) is 19.1 Å². The van der Waals surface area contributed by atoms with E-state index in [0.29, 0.717) is 6.42 Å².